The molecular formula is C26H30FN5O4. The number of nitrogens with zero attached hydrogens (tertiary/aromatic N) is 3. The number of hydrogen-bond donors (Lipinski definition) is 3. The highest BCUT2D eigenvalue weighted by Gasteiger charge is 2.32. The van der Waals surface area contributed by atoms with Gasteiger partial charge in [-0.3, -0.25) is 9.59 Å². The highest BCUT2D eigenvalue weighted by atomic mass is 19.1. The minimum atomic E-state index is -0.862. The molecule has 3 aromatic rings. The van der Waals surface area contributed by atoms with E-state index < -0.39 is 18.0 Å². The summed E-state index contributed by atoms with van der Waals surface area (Å²) in [5, 5.41) is 13.5. The lowest BCUT2D eigenvalue weighted by Crippen LogP contribution is -2.55. The number of aryl methyl sites for hydroxylation is 1. The van der Waals surface area contributed by atoms with E-state index in [1.54, 1.807) is 24.8 Å². The van der Waals surface area contributed by atoms with Crippen molar-refractivity contribution in [2.75, 3.05) is 19.7 Å². The molecule has 9 nitrogen and oxygen atoms in total. The lowest BCUT2D eigenvalue weighted by atomic mass is 10.0. The van der Waals surface area contributed by atoms with Crippen LogP contribution in [0.4, 0.5) is 4.39 Å². The Kier molecular flexibility index (Phi) is 6.61. The van der Waals surface area contributed by atoms with Crippen LogP contribution in [-0.4, -0.2) is 68.6 Å². The quantitative estimate of drug-likeness (QED) is 0.464. The van der Waals surface area contributed by atoms with Gasteiger partial charge in [-0.15, -0.1) is 0 Å². The number of rotatable bonds is 7. The first-order valence-electron chi connectivity index (χ1n) is 12.4. The largest absolute Gasteiger partial charge is 0.492 e. The molecule has 0 radical (unpaired) electrons. The zero-order valence-electron chi connectivity index (χ0n) is 20.4. The molecule has 1 aromatic carbocycles. The molecule has 2 amide bonds. The van der Waals surface area contributed by atoms with Crippen molar-refractivity contribution >= 4 is 22.8 Å². The van der Waals surface area contributed by atoms with Crippen LogP contribution in [-0.2, 0) is 4.79 Å². The van der Waals surface area contributed by atoms with Gasteiger partial charge in [0.15, 0.2) is 0 Å². The summed E-state index contributed by atoms with van der Waals surface area (Å²) in [5.41, 5.74) is 3.06. The highest BCUT2D eigenvalue weighted by Crippen LogP contribution is 2.36. The summed E-state index contributed by atoms with van der Waals surface area (Å²) in [6.07, 6.45) is 3.57. The maximum Gasteiger partial charge on any atom is 0.255 e. The number of aromatic nitrogens is 3. The molecule has 5 rings (SSSR count). The fourth-order valence-corrected chi connectivity index (χ4v) is 4.70. The predicted octanol–water partition coefficient (Wildman–Crippen LogP) is 2.96. The number of benzene rings is 1. The van der Waals surface area contributed by atoms with Gasteiger partial charge in [-0.25, -0.2) is 14.4 Å². The van der Waals surface area contributed by atoms with E-state index in [0.717, 1.165) is 12.8 Å². The number of piperidine rings is 1. The number of ether oxygens (including phenoxy) is 1. The van der Waals surface area contributed by atoms with Crippen LogP contribution in [0.1, 0.15) is 48.7 Å². The summed E-state index contributed by atoms with van der Waals surface area (Å²) in [6.45, 7) is 4.74. The Bertz CT molecular complexity index is 1300. The number of likely N-dealkylation sites (tertiary alicyclic amines) is 1. The maximum atomic E-state index is 14.0. The number of nitrogens with one attached hydrogen (secondary N) is 2. The van der Waals surface area contributed by atoms with Gasteiger partial charge in [-0.1, -0.05) is 6.92 Å². The molecular weight excluding hydrogens is 465 g/mol. The lowest BCUT2D eigenvalue weighted by molar-refractivity contribution is -0.134. The predicted molar refractivity (Wildman–Crippen MR) is 131 cm³/mol. The van der Waals surface area contributed by atoms with Gasteiger partial charge >= 0.3 is 0 Å². The third-order valence-corrected chi connectivity index (χ3v) is 6.92. The Morgan fingerprint density at radius 1 is 1.28 bits per heavy atom. The van der Waals surface area contributed by atoms with E-state index in [0.29, 0.717) is 71.2 Å². The number of aromatic amines is 1. The SMILES string of the molecule is CCC(=O)N1CC[C@H](NC(=O)c2c(C)[nH]c3c(-c4ccc(F)cc4OCC4CC4)ncnc23)[C@@H](O)C1. The third-order valence-electron chi connectivity index (χ3n) is 6.92. The van der Waals surface area contributed by atoms with Gasteiger partial charge in [0.1, 0.15) is 29.1 Å². The molecule has 190 valence electrons. The zero-order chi connectivity index (χ0) is 25.4. The van der Waals surface area contributed by atoms with Crippen LogP contribution in [0.5, 0.6) is 5.75 Å². The van der Waals surface area contributed by atoms with Gasteiger partial charge < -0.3 is 25.0 Å². The molecule has 10 heteroatoms. The number of fused-ring (bicyclic) bond motifs is 1. The second-order valence-electron chi connectivity index (χ2n) is 9.60. The van der Waals surface area contributed by atoms with Crippen molar-refractivity contribution in [2.45, 2.75) is 51.7 Å². The van der Waals surface area contributed by atoms with Crippen LogP contribution < -0.4 is 10.1 Å². The monoisotopic (exact) mass is 495 g/mol. The number of hydrogen-bond acceptors (Lipinski definition) is 6. The Morgan fingerprint density at radius 2 is 2.08 bits per heavy atom. The average Bonchev–Trinajstić information content (AvgIpc) is 3.63. The summed E-state index contributed by atoms with van der Waals surface area (Å²) in [6, 6.07) is 3.85. The summed E-state index contributed by atoms with van der Waals surface area (Å²) >= 11 is 0. The first kappa shape index (κ1) is 24.2. The van der Waals surface area contributed by atoms with Crippen LogP contribution in [0, 0.1) is 18.7 Å². The van der Waals surface area contributed by atoms with Crippen molar-refractivity contribution in [2.24, 2.45) is 5.92 Å². The molecule has 1 saturated heterocycles. The van der Waals surface area contributed by atoms with E-state index >= 15 is 0 Å². The van der Waals surface area contributed by atoms with Crippen LogP contribution in [0.3, 0.4) is 0 Å². The minimum absolute atomic E-state index is 0.0168. The molecule has 0 unspecified atom stereocenters. The number of aliphatic hydroxyl groups excluding tert-OH is 1. The summed E-state index contributed by atoms with van der Waals surface area (Å²) < 4.78 is 19.9. The molecule has 0 bridgehead atoms. The molecule has 1 saturated carbocycles. The molecule has 3 heterocycles. The van der Waals surface area contributed by atoms with Crippen LogP contribution in [0.15, 0.2) is 24.5 Å². The third kappa shape index (κ3) is 4.77. The Balaban J connectivity index is 1.42. The van der Waals surface area contributed by atoms with Crippen molar-refractivity contribution < 1.29 is 23.8 Å². The van der Waals surface area contributed by atoms with E-state index in [-0.39, 0.29) is 18.4 Å². The molecule has 2 fully saturated rings. The second-order valence-corrected chi connectivity index (χ2v) is 9.60. The molecule has 0 spiro atoms. The Hall–Kier alpha value is -3.53. The van der Waals surface area contributed by atoms with Crippen LogP contribution >= 0.6 is 0 Å². The molecule has 2 aliphatic rings. The zero-order valence-corrected chi connectivity index (χ0v) is 20.4. The number of halogens is 1. The summed E-state index contributed by atoms with van der Waals surface area (Å²) in [7, 11) is 0. The number of β-amino-alcohol motifs (C(OH)–C–C–N with tert-alkyl or cyclic N) is 1. The number of carbonyl (C=O) groups excluding carboxylic acids is 2. The second kappa shape index (κ2) is 9.85. The molecule has 36 heavy (non-hydrogen) atoms. The van der Waals surface area contributed by atoms with Gasteiger partial charge in [0.05, 0.1) is 29.8 Å². The highest BCUT2D eigenvalue weighted by molar-refractivity contribution is 6.09. The van der Waals surface area contributed by atoms with Crippen molar-refractivity contribution in [1.82, 2.24) is 25.2 Å². The molecule has 2 aromatic heterocycles. The maximum absolute atomic E-state index is 14.0. The summed E-state index contributed by atoms with van der Waals surface area (Å²) in [5.74, 6) is 0.111. The van der Waals surface area contributed by atoms with Crippen molar-refractivity contribution in [3.8, 4) is 17.0 Å². The Morgan fingerprint density at radius 3 is 2.81 bits per heavy atom. The first-order chi connectivity index (χ1) is 17.4. The van der Waals surface area contributed by atoms with E-state index in [2.05, 4.69) is 20.3 Å². The number of amides is 2. The van der Waals surface area contributed by atoms with Crippen molar-refractivity contribution in [3.05, 3.63) is 41.6 Å². The molecule has 2 atom stereocenters. The van der Waals surface area contributed by atoms with Gasteiger partial charge in [-0.2, -0.15) is 0 Å². The lowest BCUT2D eigenvalue weighted by Gasteiger charge is -2.36. The van der Waals surface area contributed by atoms with Gasteiger partial charge in [0.2, 0.25) is 5.91 Å². The van der Waals surface area contributed by atoms with Crippen molar-refractivity contribution in [1.29, 1.82) is 0 Å². The summed E-state index contributed by atoms with van der Waals surface area (Å²) in [4.78, 5) is 38.9. The fourth-order valence-electron chi connectivity index (χ4n) is 4.70. The van der Waals surface area contributed by atoms with E-state index in [4.69, 9.17) is 4.74 Å². The fraction of sp³-hybridized carbons (Fsp3) is 0.462. The first-order valence-corrected chi connectivity index (χ1v) is 12.4. The topological polar surface area (TPSA) is 120 Å². The number of H-pyrrole nitrogens is 1. The van der Waals surface area contributed by atoms with E-state index in [9.17, 15) is 19.1 Å². The van der Waals surface area contributed by atoms with E-state index in [1.165, 1.54) is 18.5 Å². The number of carbonyl (C=O) groups is 2. The Labute approximate surface area is 208 Å². The van der Waals surface area contributed by atoms with Gasteiger partial charge in [0, 0.05) is 36.8 Å². The molecule has 3 N–H and O–H groups in total. The standard InChI is InChI=1S/C26H30FN5O4/c1-3-21(34)32-9-8-18(19(33)11-32)31-26(35)22-14(2)30-25-23(28-13-29-24(22)25)17-7-6-16(27)10-20(17)36-12-15-4-5-15/h6-7,10,13,15,18-19,30,33H,3-5,8-9,11-12H2,1-2H3,(H,31,35)/t18-,19-/m0/s1. The molecule has 1 aliphatic carbocycles. The van der Waals surface area contributed by atoms with Gasteiger partial charge in [-0.05, 0) is 44.2 Å². The minimum Gasteiger partial charge on any atom is -0.492 e. The smallest absolute Gasteiger partial charge is 0.255 e. The molecule has 1 aliphatic heterocycles. The van der Waals surface area contributed by atoms with Crippen LogP contribution in [0.25, 0.3) is 22.3 Å². The van der Waals surface area contributed by atoms with E-state index in [1.807, 2.05) is 0 Å². The van der Waals surface area contributed by atoms with Gasteiger partial charge in [0.25, 0.3) is 5.91 Å². The van der Waals surface area contributed by atoms with Crippen LogP contribution in [0.2, 0.25) is 0 Å². The number of aliphatic hydroxyl groups is 1. The average molecular weight is 496 g/mol. The normalized spacial score (nSPS) is 19.9. The van der Waals surface area contributed by atoms with Crippen molar-refractivity contribution in [3.63, 3.8) is 0 Å².